The quantitative estimate of drug-likeness (QED) is 0.905. The molecule has 2 unspecified atom stereocenters. The lowest BCUT2D eigenvalue weighted by Gasteiger charge is -2.20. The van der Waals surface area contributed by atoms with Gasteiger partial charge in [0, 0.05) is 12.0 Å². The Bertz CT molecular complexity index is 384. The lowest BCUT2D eigenvalue weighted by atomic mass is 9.89. The highest BCUT2D eigenvalue weighted by atomic mass is 16.5. The third-order valence-corrected chi connectivity index (χ3v) is 4.50. The van der Waals surface area contributed by atoms with Crippen LogP contribution in [0.3, 0.4) is 0 Å². The molecule has 0 amide bonds. The summed E-state index contributed by atoms with van der Waals surface area (Å²) in [7, 11) is 0. The fraction of sp³-hybridized carbons (Fsp3) is 0.875. The Kier molecular flexibility index (Phi) is 5.58. The van der Waals surface area contributed by atoms with E-state index in [0.717, 1.165) is 11.7 Å². The van der Waals surface area contributed by atoms with E-state index in [-0.39, 0.29) is 12.0 Å². The van der Waals surface area contributed by atoms with Crippen LogP contribution in [-0.2, 0) is 0 Å². The summed E-state index contributed by atoms with van der Waals surface area (Å²) in [5.74, 6) is 2.69. The van der Waals surface area contributed by atoms with Crippen molar-refractivity contribution in [1.82, 2.24) is 10.1 Å². The van der Waals surface area contributed by atoms with Gasteiger partial charge in [0.25, 0.3) is 0 Å². The van der Waals surface area contributed by atoms with E-state index in [4.69, 9.17) is 15.2 Å². The van der Waals surface area contributed by atoms with Crippen molar-refractivity contribution in [3.05, 3.63) is 11.7 Å². The first-order valence-electron chi connectivity index (χ1n) is 8.18. The maximum Gasteiger partial charge on any atom is 0.231 e. The average molecular weight is 279 g/mol. The van der Waals surface area contributed by atoms with Crippen LogP contribution in [0.2, 0.25) is 0 Å². The molecule has 4 nitrogen and oxygen atoms in total. The second kappa shape index (κ2) is 7.21. The molecule has 2 atom stereocenters. The van der Waals surface area contributed by atoms with E-state index in [9.17, 15) is 0 Å². The SMILES string of the molecule is CC(C)C(c1nc(C2CCCCCCC2)no1)C(C)N. The zero-order chi connectivity index (χ0) is 14.5. The van der Waals surface area contributed by atoms with Crippen LogP contribution in [0.1, 0.15) is 89.3 Å². The summed E-state index contributed by atoms with van der Waals surface area (Å²) in [6.07, 6.45) is 9.04. The number of nitrogens with zero attached hydrogens (tertiary/aromatic N) is 2. The van der Waals surface area contributed by atoms with Crippen molar-refractivity contribution in [2.24, 2.45) is 11.7 Å². The molecule has 114 valence electrons. The first-order valence-corrected chi connectivity index (χ1v) is 8.18. The van der Waals surface area contributed by atoms with Gasteiger partial charge in [-0.25, -0.2) is 0 Å². The van der Waals surface area contributed by atoms with Crippen molar-refractivity contribution in [3.8, 4) is 0 Å². The zero-order valence-corrected chi connectivity index (χ0v) is 13.1. The standard InChI is InChI=1S/C16H29N3O/c1-11(2)14(12(3)17)16-18-15(19-20-16)13-9-7-5-4-6-8-10-13/h11-14H,4-10,17H2,1-3H3. The molecule has 1 aliphatic rings. The highest BCUT2D eigenvalue weighted by Crippen LogP contribution is 2.31. The van der Waals surface area contributed by atoms with Crippen LogP contribution in [0.4, 0.5) is 0 Å². The molecule has 0 radical (unpaired) electrons. The fourth-order valence-electron chi connectivity index (χ4n) is 3.38. The smallest absolute Gasteiger partial charge is 0.231 e. The molecule has 0 aromatic carbocycles. The predicted octanol–water partition coefficient (Wildman–Crippen LogP) is 3.98. The molecule has 1 fully saturated rings. The van der Waals surface area contributed by atoms with Crippen molar-refractivity contribution >= 4 is 0 Å². The lowest BCUT2D eigenvalue weighted by molar-refractivity contribution is 0.296. The van der Waals surface area contributed by atoms with Crippen LogP contribution in [0.5, 0.6) is 0 Å². The molecule has 0 saturated heterocycles. The van der Waals surface area contributed by atoms with Gasteiger partial charge < -0.3 is 10.3 Å². The summed E-state index contributed by atoms with van der Waals surface area (Å²) in [6, 6.07) is 0.0423. The highest BCUT2D eigenvalue weighted by Gasteiger charge is 2.28. The van der Waals surface area contributed by atoms with Gasteiger partial charge in [-0.05, 0) is 25.7 Å². The fourth-order valence-corrected chi connectivity index (χ4v) is 3.38. The highest BCUT2D eigenvalue weighted by molar-refractivity contribution is 5.02. The molecule has 1 heterocycles. The van der Waals surface area contributed by atoms with Crippen LogP contribution in [0.15, 0.2) is 4.52 Å². The third-order valence-electron chi connectivity index (χ3n) is 4.50. The van der Waals surface area contributed by atoms with Gasteiger partial charge in [-0.1, -0.05) is 51.1 Å². The molecule has 0 spiro atoms. The third kappa shape index (κ3) is 3.81. The molecular weight excluding hydrogens is 250 g/mol. The first-order chi connectivity index (χ1) is 9.59. The Morgan fingerprint density at radius 3 is 2.20 bits per heavy atom. The molecule has 1 aromatic rings. The van der Waals surface area contributed by atoms with Gasteiger partial charge in [0.05, 0.1) is 5.92 Å². The second-order valence-corrected chi connectivity index (χ2v) is 6.66. The summed E-state index contributed by atoms with van der Waals surface area (Å²) >= 11 is 0. The summed E-state index contributed by atoms with van der Waals surface area (Å²) in [6.45, 7) is 6.34. The van der Waals surface area contributed by atoms with Gasteiger partial charge in [-0.2, -0.15) is 4.98 Å². The largest absolute Gasteiger partial charge is 0.339 e. The minimum absolute atomic E-state index is 0.0423. The Hall–Kier alpha value is -0.900. The van der Waals surface area contributed by atoms with E-state index in [1.807, 2.05) is 6.92 Å². The lowest BCUT2D eigenvalue weighted by Crippen LogP contribution is -2.28. The molecule has 1 aliphatic carbocycles. The van der Waals surface area contributed by atoms with Gasteiger partial charge in [0.15, 0.2) is 5.82 Å². The van der Waals surface area contributed by atoms with Crippen LogP contribution >= 0.6 is 0 Å². The Balaban J connectivity index is 2.10. The molecule has 1 saturated carbocycles. The normalized spacial score (nSPS) is 21.4. The summed E-state index contributed by atoms with van der Waals surface area (Å²) < 4.78 is 5.53. The van der Waals surface area contributed by atoms with Gasteiger partial charge in [0.2, 0.25) is 5.89 Å². The van der Waals surface area contributed by atoms with Gasteiger partial charge in [-0.3, -0.25) is 0 Å². The minimum atomic E-state index is 0.0423. The number of hydrogen-bond acceptors (Lipinski definition) is 4. The van der Waals surface area contributed by atoms with Crippen LogP contribution in [0.25, 0.3) is 0 Å². The van der Waals surface area contributed by atoms with E-state index in [1.54, 1.807) is 0 Å². The number of hydrogen-bond donors (Lipinski definition) is 1. The molecule has 2 rings (SSSR count). The van der Waals surface area contributed by atoms with Crippen LogP contribution in [0, 0.1) is 5.92 Å². The van der Waals surface area contributed by atoms with E-state index in [1.165, 1.54) is 44.9 Å². The monoisotopic (exact) mass is 279 g/mol. The topological polar surface area (TPSA) is 64.9 Å². The molecular formula is C16H29N3O. The Morgan fingerprint density at radius 2 is 1.65 bits per heavy atom. The van der Waals surface area contributed by atoms with E-state index in [0.29, 0.717) is 11.8 Å². The first kappa shape index (κ1) is 15.5. The van der Waals surface area contributed by atoms with Gasteiger partial charge >= 0.3 is 0 Å². The molecule has 20 heavy (non-hydrogen) atoms. The summed E-state index contributed by atoms with van der Waals surface area (Å²) in [5, 5.41) is 4.26. The van der Waals surface area contributed by atoms with Crippen molar-refractivity contribution < 1.29 is 4.52 Å². The summed E-state index contributed by atoms with van der Waals surface area (Å²) in [4.78, 5) is 4.69. The van der Waals surface area contributed by atoms with Crippen molar-refractivity contribution in [2.45, 2.75) is 83.6 Å². The van der Waals surface area contributed by atoms with E-state index in [2.05, 4.69) is 19.0 Å². The molecule has 1 aromatic heterocycles. The molecule has 0 aliphatic heterocycles. The molecule has 4 heteroatoms. The van der Waals surface area contributed by atoms with Gasteiger partial charge in [-0.15, -0.1) is 0 Å². The Morgan fingerprint density at radius 1 is 1.05 bits per heavy atom. The van der Waals surface area contributed by atoms with Crippen molar-refractivity contribution in [2.75, 3.05) is 0 Å². The van der Waals surface area contributed by atoms with Crippen molar-refractivity contribution in [3.63, 3.8) is 0 Å². The predicted molar refractivity (Wildman–Crippen MR) is 80.6 cm³/mol. The van der Waals surface area contributed by atoms with Crippen LogP contribution in [-0.4, -0.2) is 16.2 Å². The maximum atomic E-state index is 6.08. The number of aromatic nitrogens is 2. The second-order valence-electron chi connectivity index (χ2n) is 6.66. The van der Waals surface area contributed by atoms with Crippen LogP contribution < -0.4 is 5.73 Å². The minimum Gasteiger partial charge on any atom is -0.339 e. The zero-order valence-electron chi connectivity index (χ0n) is 13.1. The van der Waals surface area contributed by atoms with E-state index < -0.39 is 0 Å². The average Bonchev–Trinajstić information content (AvgIpc) is 2.76. The maximum absolute atomic E-state index is 6.08. The van der Waals surface area contributed by atoms with Gasteiger partial charge in [0.1, 0.15) is 0 Å². The van der Waals surface area contributed by atoms with Crippen molar-refractivity contribution in [1.29, 1.82) is 0 Å². The Labute approximate surface area is 122 Å². The van der Waals surface area contributed by atoms with E-state index >= 15 is 0 Å². The summed E-state index contributed by atoms with van der Waals surface area (Å²) in [5.41, 5.74) is 6.08. The number of nitrogens with two attached hydrogens (primary N) is 1. The molecule has 2 N–H and O–H groups in total. The number of rotatable bonds is 4. The molecule has 0 bridgehead atoms.